The minimum absolute atomic E-state index is 0.327. The van der Waals surface area contributed by atoms with E-state index < -0.39 is 12.1 Å². The summed E-state index contributed by atoms with van der Waals surface area (Å²) in [6.07, 6.45) is -2.43. The minimum atomic E-state index is -5.08. The molecule has 2 aromatic heterocycles. The number of carbonyl (C=O) groups is 1. The highest BCUT2D eigenvalue weighted by Crippen LogP contribution is 2.34. The van der Waals surface area contributed by atoms with Crippen LogP contribution in [0.2, 0.25) is 0 Å². The van der Waals surface area contributed by atoms with Gasteiger partial charge in [-0.05, 0) is 37.8 Å². The summed E-state index contributed by atoms with van der Waals surface area (Å²) in [6, 6.07) is 4.07. The summed E-state index contributed by atoms with van der Waals surface area (Å²) < 4.78 is 45.1. The summed E-state index contributed by atoms with van der Waals surface area (Å²) in [6.45, 7) is 6.30. The quantitative estimate of drug-likeness (QED) is 0.753. The number of halogens is 3. The number of ether oxygens (including phenoxy) is 1. The zero-order valence-corrected chi connectivity index (χ0v) is 16.9. The molecule has 3 heterocycles. The van der Waals surface area contributed by atoms with Gasteiger partial charge in [0.05, 0.1) is 18.8 Å². The number of hydrogen-bond donors (Lipinski definition) is 1. The third-order valence-corrected chi connectivity index (χ3v) is 5.00. The predicted octanol–water partition coefficient (Wildman–Crippen LogP) is 2.97. The third-order valence-electron chi connectivity index (χ3n) is 5.00. The van der Waals surface area contributed by atoms with Crippen molar-refractivity contribution < 1.29 is 32.2 Å². The SMILES string of the molecule is COCC1CN(Cc2ccc(C)o2)Cc2nnn(CC3CC3)c21.O=C(O)C(F)(F)F. The number of methoxy groups -OCH3 is 1. The van der Waals surface area contributed by atoms with Crippen LogP contribution in [0.5, 0.6) is 0 Å². The molecule has 0 amide bonds. The maximum atomic E-state index is 10.6. The van der Waals surface area contributed by atoms with Crippen LogP contribution in [0.4, 0.5) is 13.2 Å². The molecule has 1 saturated carbocycles. The van der Waals surface area contributed by atoms with E-state index in [4.69, 9.17) is 19.1 Å². The van der Waals surface area contributed by atoms with E-state index in [0.29, 0.717) is 12.5 Å². The van der Waals surface area contributed by atoms with Gasteiger partial charge in [0, 0.05) is 32.7 Å². The molecule has 0 radical (unpaired) electrons. The topological polar surface area (TPSA) is 93.6 Å². The van der Waals surface area contributed by atoms with E-state index >= 15 is 0 Å². The summed E-state index contributed by atoms with van der Waals surface area (Å²) in [4.78, 5) is 11.3. The smallest absolute Gasteiger partial charge is 0.475 e. The number of carboxylic acid groups (broad SMARTS) is 1. The number of aliphatic carboxylic acids is 1. The van der Waals surface area contributed by atoms with Gasteiger partial charge < -0.3 is 14.3 Å². The molecular weight excluding hydrogens is 405 g/mol. The molecule has 1 unspecified atom stereocenters. The number of rotatable bonds is 6. The third kappa shape index (κ3) is 5.82. The second-order valence-electron chi connectivity index (χ2n) is 7.68. The van der Waals surface area contributed by atoms with Gasteiger partial charge in [-0.15, -0.1) is 5.10 Å². The van der Waals surface area contributed by atoms with E-state index in [-0.39, 0.29) is 0 Å². The van der Waals surface area contributed by atoms with Crippen LogP contribution in [-0.4, -0.2) is 57.4 Å². The Morgan fingerprint density at radius 2 is 2.07 bits per heavy atom. The van der Waals surface area contributed by atoms with E-state index in [9.17, 15) is 13.2 Å². The van der Waals surface area contributed by atoms with Gasteiger partial charge in [-0.25, -0.2) is 9.48 Å². The molecule has 0 saturated heterocycles. The lowest BCUT2D eigenvalue weighted by Gasteiger charge is -2.31. The molecule has 1 fully saturated rings. The summed E-state index contributed by atoms with van der Waals surface area (Å²) in [5.74, 6) is 0.336. The Balaban J connectivity index is 0.000000318. The van der Waals surface area contributed by atoms with Crippen molar-refractivity contribution in [2.75, 3.05) is 20.3 Å². The Kier molecular flexibility index (Phi) is 6.81. The summed E-state index contributed by atoms with van der Waals surface area (Å²) >= 11 is 0. The highest BCUT2D eigenvalue weighted by Gasteiger charge is 2.38. The number of nitrogens with zero attached hydrogens (tertiary/aromatic N) is 4. The predicted molar refractivity (Wildman–Crippen MR) is 98.6 cm³/mol. The average molecular weight is 430 g/mol. The van der Waals surface area contributed by atoms with Gasteiger partial charge in [-0.3, -0.25) is 4.90 Å². The van der Waals surface area contributed by atoms with Crippen molar-refractivity contribution >= 4 is 5.97 Å². The maximum absolute atomic E-state index is 10.6. The van der Waals surface area contributed by atoms with Gasteiger partial charge in [0.2, 0.25) is 0 Å². The second-order valence-corrected chi connectivity index (χ2v) is 7.68. The Bertz CT molecular complexity index is 860. The molecule has 8 nitrogen and oxygen atoms in total. The van der Waals surface area contributed by atoms with Crippen molar-refractivity contribution in [3.05, 3.63) is 35.0 Å². The number of alkyl halides is 3. The number of aryl methyl sites for hydroxylation is 1. The molecule has 11 heteroatoms. The molecule has 2 aliphatic rings. The maximum Gasteiger partial charge on any atom is 0.490 e. The van der Waals surface area contributed by atoms with Crippen molar-refractivity contribution in [1.29, 1.82) is 0 Å². The van der Waals surface area contributed by atoms with Gasteiger partial charge in [0.15, 0.2) is 0 Å². The molecule has 2 aromatic rings. The van der Waals surface area contributed by atoms with E-state index in [0.717, 1.165) is 49.3 Å². The number of carboxylic acids is 1. The first kappa shape index (κ1) is 22.3. The lowest BCUT2D eigenvalue weighted by atomic mass is 9.98. The monoisotopic (exact) mass is 430 g/mol. The molecule has 1 N–H and O–H groups in total. The molecule has 1 aliphatic heterocycles. The molecule has 30 heavy (non-hydrogen) atoms. The Morgan fingerprint density at radius 1 is 1.37 bits per heavy atom. The minimum Gasteiger partial charge on any atom is -0.475 e. The van der Waals surface area contributed by atoms with Crippen LogP contribution < -0.4 is 0 Å². The molecule has 1 atom stereocenters. The fourth-order valence-corrected chi connectivity index (χ4v) is 3.51. The molecule has 166 valence electrons. The number of furan rings is 1. The lowest BCUT2D eigenvalue weighted by Crippen LogP contribution is -2.36. The van der Waals surface area contributed by atoms with E-state index in [1.54, 1.807) is 7.11 Å². The first-order valence-corrected chi connectivity index (χ1v) is 9.66. The summed E-state index contributed by atoms with van der Waals surface area (Å²) in [5, 5.41) is 16.0. The molecule has 0 bridgehead atoms. The van der Waals surface area contributed by atoms with Gasteiger partial charge in [-0.1, -0.05) is 5.21 Å². The van der Waals surface area contributed by atoms with E-state index in [1.807, 2.05) is 13.0 Å². The van der Waals surface area contributed by atoms with Gasteiger partial charge in [0.25, 0.3) is 0 Å². The molecular formula is C19H25F3N4O4. The first-order chi connectivity index (χ1) is 14.2. The summed E-state index contributed by atoms with van der Waals surface area (Å²) in [5.41, 5.74) is 2.38. The zero-order valence-electron chi connectivity index (χ0n) is 16.9. The fraction of sp³-hybridized carbons (Fsp3) is 0.632. The van der Waals surface area contributed by atoms with Crippen LogP contribution in [0.25, 0.3) is 0 Å². The summed E-state index contributed by atoms with van der Waals surface area (Å²) in [7, 11) is 1.77. The van der Waals surface area contributed by atoms with Crippen LogP contribution in [0.3, 0.4) is 0 Å². The number of aromatic nitrogens is 3. The second kappa shape index (κ2) is 9.17. The molecule has 0 spiro atoms. The van der Waals surface area contributed by atoms with Crippen molar-refractivity contribution in [1.82, 2.24) is 19.9 Å². The van der Waals surface area contributed by atoms with Crippen LogP contribution in [0.15, 0.2) is 16.5 Å². The van der Waals surface area contributed by atoms with Gasteiger partial charge in [-0.2, -0.15) is 13.2 Å². The normalized spacial score (nSPS) is 19.2. The van der Waals surface area contributed by atoms with Crippen molar-refractivity contribution in [2.45, 2.75) is 51.5 Å². The Hall–Kier alpha value is -2.40. The lowest BCUT2D eigenvalue weighted by molar-refractivity contribution is -0.192. The first-order valence-electron chi connectivity index (χ1n) is 9.66. The van der Waals surface area contributed by atoms with E-state index in [1.165, 1.54) is 18.5 Å². The molecule has 4 rings (SSSR count). The van der Waals surface area contributed by atoms with Gasteiger partial charge in [0.1, 0.15) is 17.2 Å². The number of hydrogen-bond acceptors (Lipinski definition) is 6. The van der Waals surface area contributed by atoms with Crippen LogP contribution >= 0.6 is 0 Å². The molecule has 1 aliphatic carbocycles. The Labute approximate surface area is 171 Å². The highest BCUT2D eigenvalue weighted by atomic mass is 19.4. The number of fused-ring (bicyclic) bond motifs is 1. The average Bonchev–Trinajstić information content (AvgIpc) is 3.24. The van der Waals surface area contributed by atoms with Crippen molar-refractivity contribution in [3.8, 4) is 0 Å². The fourth-order valence-electron chi connectivity index (χ4n) is 3.51. The van der Waals surface area contributed by atoms with Crippen LogP contribution in [0, 0.1) is 12.8 Å². The van der Waals surface area contributed by atoms with Crippen LogP contribution in [-0.2, 0) is 29.2 Å². The van der Waals surface area contributed by atoms with Crippen molar-refractivity contribution in [2.24, 2.45) is 5.92 Å². The largest absolute Gasteiger partial charge is 0.490 e. The zero-order chi connectivity index (χ0) is 21.9. The molecule has 0 aromatic carbocycles. The van der Waals surface area contributed by atoms with Crippen LogP contribution in [0.1, 0.15) is 41.7 Å². The van der Waals surface area contributed by atoms with E-state index in [2.05, 4.69) is 26.0 Å². The Morgan fingerprint density at radius 3 is 2.60 bits per heavy atom. The van der Waals surface area contributed by atoms with Gasteiger partial charge >= 0.3 is 12.1 Å². The van der Waals surface area contributed by atoms with Crippen molar-refractivity contribution in [3.63, 3.8) is 0 Å². The standard InChI is InChI=1S/C17H24N4O2.C2HF3O2/c1-12-3-6-15(23-12)9-20-8-14(11-22-2)17-16(10-20)18-19-21(17)7-13-4-5-13;3-2(4,5)1(6)7/h3,6,13-14H,4-5,7-11H2,1-2H3;(H,6,7). The highest BCUT2D eigenvalue weighted by molar-refractivity contribution is 5.73.